The van der Waals surface area contributed by atoms with Crippen molar-refractivity contribution in [3.63, 3.8) is 0 Å². The normalized spacial score (nSPS) is 15.5. The van der Waals surface area contributed by atoms with Gasteiger partial charge in [0.05, 0.1) is 0 Å². The summed E-state index contributed by atoms with van der Waals surface area (Å²) >= 11 is 0. The van der Waals surface area contributed by atoms with E-state index < -0.39 is 7.14 Å². The average Bonchev–Trinajstić information content (AvgIpc) is 2.49. The van der Waals surface area contributed by atoms with Gasteiger partial charge in [-0.25, -0.2) is 0 Å². The van der Waals surface area contributed by atoms with E-state index in [1.54, 1.807) is 0 Å². The third kappa shape index (κ3) is 4.06. The van der Waals surface area contributed by atoms with Crippen molar-refractivity contribution < 1.29 is 4.57 Å². The van der Waals surface area contributed by atoms with Gasteiger partial charge in [-0.1, -0.05) is 60.7 Å². The lowest BCUT2D eigenvalue weighted by molar-refractivity contribution is 0.570. The first-order valence-corrected chi connectivity index (χ1v) is 9.34. The van der Waals surface area contributed by atoms with E-state index in [1.807, 2.05) is 55.2 Å². The summed E-state index contributed by atoms with van der Waals surface area (Å²) in [5.41, 5.74) is 1.26. The molecule has 2 nitrogen and oxygen atoms in total. The summed E-state index contributed by atoms with van der Waals surface area (Å²) in [4.78, 5) is 0. The average molecular weight is 287 g/mol. The summed E-state index contributed by atoms with van der Waals surface area (Å²) in [7, 11) is -2.26. The second-order valence-corrected chi connectivity index (χ2v) is 8.41. The lowest BCUT2D eigenvalue weighted by Crippen LogP contribution is -2.23. The highest BCUT2D eigenvalue weighted by Crippen LogP contribution is 2.38. The minimum atomic E-state index is -2.26. The third-order valence-electron chi connectivity index (χ3n) is 3.59. The third-order valence-corrected chi connectivity index (χ3v) is 6.06. The fraction of sp³-hybridized carbons (Fsp3) is 0.294. The Bertz CT molecular complexity index is 568. The number of nitrogens with one attached hydrogen (secondary N) is 1. The molecule has 0 spiro atoms. The molecule has 0 heterocycles. The predicted octanol–water partition coefficient (Wildman–Crippen LogP) is 3.66. The Morgan fingerprint density at radius 2 is 1.55 bits per heavy atom. The van der Waals surface area contributed by atoms with Crippen LogP contribution in [0.5, 0.6) is 0 Å². The van der Waals surface area contributed by atoms with Crippen molar-refractivity contribution in [2.45, 2.75) is 13.0 Å². The molecule has 20 heavy (non-hydrogen) atoms. The highest BCUT2D eigenvalue weighted by atomic mass is 31.2. The van der Waals surface area contributed by atoms with E-state index in [9.17, 15) is 4.57 Å². The zero-order chi connectivity index (χ0) is 14.4. The fourth-order valence-electron chi connectivity index (χ4n) is 2.23. The lowest BCUT2D eigenvalue weighted by Gasteiger charge is -2.17. The smallest absolute Gasteiger partial charge is 0.113 e. The molecule has 2 atom stereocenters. The molecule has 2 aromatic carbocycles. The molecule has 1 N–H and O–H groups in total. The van der Waals surface area contributed by atoms with Gasteiger partial charge in [-0.3, -0.25) is 0 Å². The molecule has 0 radical (unpaired) electrons. The molecule has 0 saturated carbocycles. The maximum Gasteiger partial charge on any atom is 0.113 e. The molecule has 2 rings (SSSR count). The summed E-state index contributed by atoms with van der Waals surface area (Å²) in [6.45, 7) is 4.77. The molecule has 1 unspecified atom stereocenters. The molecule has 106 valence electrons. The highest BCUT2D eigenvalue weighted by Gasteiger charge is 2.17. The Morgan fingerprint density at radius 1 is 1.00 bits per heavy atom. The van der Waals surface area contributed by atoms with Crippen LogP contribution in [-0.4, -0.2) is 19.4 Å². The van der Waals surface area contributed by atoms with E-state index in [4.69, 9.17) is 0 Å². The van der Waals surface area contributed by atoms with Crippen molar-refractivity contribution in [2.75, 3.05) is 19.4 Å². The molecule has 0 saturated heterocycles. The number of hydrogen-bond acceptors (Lipinski definition) is 2. The minimum absolute atomic E-state index is 0.284. The van der Waals surface area contributed by atoms with Crippen molar-refractivity contribution in [3.05, 3.63) is 66.2 Å². The predicted molar refractivity (Wildman–Crippen MR) is 87.3 cm³/mol. The van der Waals surface area contributed by atoms with E-state index in [1.165, 1.54) is 5.56 Å². The van der Waals surface area contributed by atoms with E-state index in [2.05, 4.69) is 24.4 Å². The maximum atomic E-state index is 12.7. The summed E-state index contributed by atoms with van der Waals surface area (Å²) in [5, 5.41) is 4.42. The van der Waals surface area contributed by atoms with Gasteiger partial charge in [0.2, 0.25) is 0 Å². The summed E-state index contributed by atoms with van der Waals surface area (Å²) < 4.78 is 12.7. The van der Waals surface area contributed by atoms with Gasteiger partial charge < -0.3 is 9.88 Å². The molecule has 2 aromatic rings. The number of rotatable bonds is 6. The van der Waals surface area contributed by atoms with Crippen LogP contribution in [0.3, 0.4) is 0 Å². The largest absolute Gasteiger partial charge is 0.319 e. The fourth-order valence-corrected chi connectivity index (χ4v) is 3.84. The standard InChI is InChI=1S/C17H22NOP/c1-15(16-9-5-3-6-10-16)18-13-14-20(2,19)17-11-7-4-8-12-17/h3-12,15,18H,13-14H2,1-2H3/t15-,20?/m0/s1. The van der Waals surface area contributed by atoms with Crippen molar-refractivity contribution in [3.8, 4) is 0 Å². The maximum absolute atomic E-state index is 12.7. The molecular weight excluding hydrogens is 265 g/mol. The van der Waals surface area contributed by atoms with E-state index in [0.29, 0.717) is 6.16 Å². The SMILES string of the molecule is C[C@H](NCCP(C)(=O)c1ccccc1)c1ccccc1. The Labute approximate surface area is 121 Å². The Balaban J connectivity index is 1.88. The highest BCUT2D eigenvalue weighted by molar-refractivity contribution is 7.70. The monoisotopic (exact) mass is 287 g/mol. The molecule has 0 bridgehead atoms. The van der Waals surface area contributed by atoms with E-state index >= 15 is 0 Å². The van der Waals surface area contributed by atoms with Gasteiger partial charge in [-0.15, -0.1) is 0 Å². The van der Waals surface area contributed by atoms with E-state index in [-0.39, 0.29) is 6.04 Å². The van der Waals surface area contributed by atoms with Crippen LogP contribution in [0.4, 0.5) is 0 Å². The Hall–Kier alpha value is -1.37. The number of benzene rings is 2. The Kier molecular flexibility index (Phi) is 5.17. The molecule has 0 aliphatic carbocycles. The van der Waals surface area contributed by atoms with Crippen LogP contribution in [0.15, 0.2) is 60.7 Å². The van der Waals surface area contributed by atoms with Crippen molar-refractivity contribution in [2.24, 2.45) is 0 Å². The van der Waals surface area contributed by atoms with Crippen LogP contribution < -0.4 is 10.6 Å². The van der Waals surface area contributed by atoms with Crippen molar-refractivity contribution >= 4 is 12.4 Å². The van der Waals surface area contributed by atoms with Crippen LogP contribution in [-0.2, 0) is 4.57 Å². The summed E-state index contributed by atoms with van der Waals surface area (Å²) in [6.07, 6.45) is 0.689. The second-order valence-electron chi connectivity index (χ2n) is 5.25. The molecule has 0 fully saturated rings. The molecule has 0 aliphatic heterocycles. The summed E-state index contributed by atoms with van der Waals surface area (Å²) in [6, 6.07) is 20.4. The van der Waals surface area contributed by atoms with Gasteiger partial charge in [-0.05, 0) is 19.2 Å². The van der Waals surface area contributed by atoms with Crippen LogP contribution in [0.1, 0.15) is 18.5 Å². The van der Waals surface area contributed by atoms with Crippen LogP contribution in [0.25, 0.3) is 0 Å². The summed E-state index contributed by atoms with van der Waals surface area (Å²) in [5.74, 6) is 0. The molecule has 0 amide bonds. The van der Waals surface area contributed by atoms with Gasteiger partial charge in [0.25, 0.3) is 0 Å². The van der Waals surface area contributed by atoms with Crippen LogP contribution >= 0.6 is 7.14 Å². The zero-order valence-electron chi connectivity index (χ0n) is 12.1. The molecule has 0 aromatic heterocycles. The van der Waals surface area contributed by atoms with Crippen LogP contribution in [0, 0.1) is 0 Å². The topological polar surface area (TPSA) is 29.1 Å². The van der Waals surface area contributed by atoms with Gasteiger partial charge in [0.1, 0.15) is 7.14 Å². The first kappa shape index (κ1) is 15.0. The second kappa shape index (κ2) is 6.88. The lowest BCUT2D eigenvalue weighted by atomic mass is 10.1. The van der Waals surface area contributed by atoms with Gasteiger partial charge in [0.15, 0.2) is 0 Å². The first-order valence-electron chi connectivity index (χ1n) is 7.00. The quantitative estimate of drug-likeness (QED) is 0.822. The zero-order valence-corrected chi connectivity index (χ0v) is 13.0. The van der Waals surface area contributed by atoms with Crippen molar-refractivity contribution in [1.29, 1.82) is 0 Å². The van der Waals surface area contributed by atoms with Gasteiger partial charge >= 0.3 is 0 Å². The van der Waals surface area contributed by atoms with Gasteiger partial charge in [0, 0.05) is 24.1 Å². The molecular formula is C17H22NOP. The van der Waals surface area contributed by atoms with E-state index in [0.717, 1.165) is 11.8 Å². The van der Waals surface area contributed by atoms with Gasteiger partial charge in [-0.2, -0.15) is 0 Å². The Morgan fingerprint density at radius 3 is 2.15 bits per heavy atom. The van der Waals surface area contributed by atoms with Crippen LogP contribution in [0.2, 0.25) is 0 Å². The molecule has 0 aliphatic rings. The number of hydrogen-bond donors (Lipinski definition) is 1. The molecule has 3 heteroatoms. The first-order chi connectivity index (χ1) is 9.59. The van der Waals surface area contributed by atoms with Crippen molar-refractivity contribution in [1.82, 2.24) is 5.32 Å². The minimum Gasteiger partial charge on any atom is -0.319 e.